The first kappa shape index (κ1) is 34.8. The second-order valence-corrected chi connectivity index (χ2v) is 17.8. The van der Waals surface area contributed by atoms with E-state index in [0.717, 1.165) is 23.0 Å². The number of benzene rings is 3. The van der Waals surface area contributed by atoms with Crippen LogP contribution >= 0.6 is 7.92 Å². The predicted octanol–water partition coefficient (Wildman–Crippen LogP) is 8.67. The Morgan fingerprint density at radius 1 is 0.372 bits per heavy atom. The van der Waals surface area contributed by atoms with Crippen LogP contribution in [-0.4, -0.2) is 28.4 Å². The van der Waals surface area contributed by atoms with Crippen molar-refractivity contribution in [2.45, 2.75) is 105 Å². The number of hydrogen-bond donors (Lipinski definition) is 0. The van der Waals surface area contributed by atoms with E-state index in [-0.39, 0.29) is 21.7 Å². The maximum Gasteiger partial charge on any atom is 0.126 e. The Morgan fingerprint density at radius 2 is 0.628 bits per heavy atom. The molecule has 0 aromatic heterocycles. The van der Waals surface area contributed by atoms with E-state index in [0.29, 0.717) is 0 Å². The summed E-state index contributed by atoms with van der Waals surface area (Å²) in [5, 5.41) is 3.71. The fraction of sp³-hybridized carbons (Fsp3) is 0.526. The first-order valence-electron chi connectivity index (χ1n) is 15.2. The molecule has 0 radical (unpaired) electrons. The normalized spacial score (nSPS) is 12.9. The zero-order chi connectivity index (χ0) is 32.7. The lowest BCUT2D eigenvalue weighted by molar-refractivity contribution is 0.381. The van der Waals surface area contributed by atoms with Crippen LogP contribution in [0, 0.1) is 0 Å². The lowest BCUT2D eigenvalue weighted by Gasteiger charge is -2.34. The van der Waals surface area contributed by atoms with Gasteiger partial charge in [-0.1, -0.05) is 83.1 Å². The zero-order valence-electron chi connectivity index (χ0n) is 29.6. The highest BCUT2D eigenvalue weighted by molar-refractivity contribution is 7.79. The minimum absolute atomic E-state index is 0.124. The Bertz CT molecular complexity index is 1270. The van der Waals surface area contributed by atoms with E-state index in [1.54, 1.807) is 28.4 Å². The van der Waals surface area contributed by atoms with Crippen LogP contribution in [0.3, 0.4) is 0 Å². The molecular formula is C38H55O4P. The molecule has 0 unspecified atom stereocenters. The number of methoxy groups -OCH3 is 4. The second-order valence-electron chi connectivity index (χ2n) is 15.6. The van der Waals surface area contributed by atoms with Crippen molar-refractivity contribution in [1.29, 1.82) is 0 Å². The molecule has 0 aliphatic heterocycles. The van der Waals surface area contributed by atoms with Gasteiger partial charge < -0.3 is 18.9 Å². The van der Waals surface area contributed by atoms with E-state index >= 15 is 0 Å². The van der Waals surface area contributed by atoms with Crippen LogP contribution in [0.1, 0.15) is 105 Å². The average Bonchev–Trinajstić information content (AvgIpc) is 2.89. The Hall–Kier alpha value is -2.71. The van der Waals surface area contributed by atoms with Crippen molar-refractivity contribution < 1.29 is 18.9 Å². The highest BCUT2D eigenvalue weighted by Crippen LogP contribution is 2.46. The highest BCUT2D eigenvalue weighted by Gasteiger charge is 2.33. The van der Waals surface area contributed by atoms with Crippen LogP contribution in [0.25, 0.3) is 0 Å². The summed E-state index contributed by atoms with van der Waals surface area (Å²) in [6.07, 6.45) is 0. The monoisotopic (exact) mass is 606 g/mol. The lowest BCUT2D eigenvalue weighted by Crippen LogP contribution is -2.29. The minimum Gasteiger partial charge on any atom is -0.497 e. The molecule has 3 rings (SSSR count). The molecule has 0 spiro atoms. The third-order valence-electron chi connectivity index (χ3n) is 7.90. The van der Waals surface area contributed by atoms with E-state index in [1.165, 1.54) is 38.2 Å². The standard InChI is InChI=1S/C38H55O4P/c1-35(2,3)29-20-27(21-30(33(29)41-15)36(4,5)6)43(26-18-24(39-13)17-25(19-26)40-14)28-22-31(37(7,8)9)34(42-16)32(23-28)38(10,11)12/h17-23H,1-16H3. The van der Waals surface area contributed by atoms with Gasteiger partial charge in [0.25, 0.3) is 0 Å². The van der Waals surface area contributed by atoms with Gasteiger partial charge >= 0.3 is 0 Å². The van der Waals surface area contributed by atoms with Crippen LogP contribution in [0.2, 0.25) is 0 Å². The van der Waals surface area contributed by atoms with Crippen molar-refractivity contribution >= 4 is 23.8 Å². The lowest BCUT2D eigenvalue weighted by atomic mass is 9.79. The quantitative estimate of drug-likeness (QED) is 0.252. The smallest absolute Gasteiger partial charge is 0.126 e. The van der Waals surface area contributed by atoms with Crippen molar-refractivity contribution in [3.05, 3.63) is 64.7 Å². The summed E-state index contributed by atoms with van der Waals surface area (Å²) in [4.78, 5) is 0. The van der Waals surface area contributed by atoms with Crippen molar-refractivity contribution in [2.24, 2.45) is 0 Å². The van der Waals surface area contributed by atoms with Gasteiger partial charge in [-0.15, -0.1) is 0 Å². The third kappa shape index (κ3) is 7.51. The molecule has 0 N–H and O–H groups in total. The van der Waals surface area contributed by atoms with Gasteiger partial charge in [-0.3, -0.25) is 0 Å². The van der Waals surface area contributed by atoms with Crippen LogP contribution < -0.4 is 34.9 Å². The summed E-state index contributed by atoms with van der Waals surface area (Å²) in [5.74, 6) is 3.51. The number of ether oxygens (including phenoxy) is 4. The fourth-order valence-electron chi connectivity index (χ4n) is 5.52. The largest absolute Gasteiger partial charge is 0.497 e. The Morgan fingerprint density at radius 3 is 0.837 bits per heavy atom. The van der Waals surface area contributed by atoms with Crippen molar-refractivity contribution in [2.75, 3.05) is 28.4 Å². The summed E-state index contributed by atoms with van der Waals surface area (Å²) in [7, 11) is 5.97. The fourth-order valence-corrected chi connectivity index (χ4v) is 7.96. The molecule has 0 aliphatic carbocycles. The van der Waals surface area contributed by atoms with Crippen molar-refractivity contribution in [3.63, 3.8) is 0 Å². The van der Waals surface area contributed by atoms with E-state index in [2.05, 4.69) is 119 Å². The molecule has 0 aliphatic rings. The SMILES string of the molecule is COc1cc(OC)cc(P(c2cc(C(C)(C)C)c(OC)c(C(C)(C)C)c2)c2cc(C(C)(C)C)c(OC)c(C(C)(C)C)c2)c1. The number of hydrogen-bond acceptors (Lipinski definition) is 4. The average molecular weight is 607 g/mol. The molecule has 4 nitrogen and oxygen atoms in total. The van der Waals surface area contributed by atoms with E-state index in [9.17, 15) is 0 Å². The summed E-state index contributed by atoms with van der Waals surface area (Å²) in [6, 6.07) is 15.8. The Balaban J connectivity index is 2.62. The van der Waals surface area contributed by atoms with Gasteiger partial charge in [0.15, 0.2) is 0 Å². The highest BCUT2D eigenvalue weighted by atomic mass is 31.1. The molecule has 3 aromatic carbocycles. The first-order chi connectivity index (χ1) is 19.7. The van der Waals surface area contributed by atoms with Gasteiger partial charge in [-0.05, 0) is 81.9 Å². The zero-order valence-corrected chi connectivity index (χ0v) is 30.5. The maximum atomic E-state index is 6.16. The second kappa shape index (κ2) is 12.4. The molecule has 0 saturated heterocycles. The van der Waals surface area contributed by atoms with Gasteiger partial charge in [0.05, 0.1) is 28.4 Å². The van der Waals surface area contributed by atoms with E-state index in [1.807, 2.05) is 6.07 Å². The van der Waals surface area contributed by atoms with Gasteiger partial charge in [0.1, 0.15) is 23.0 Å². The van der Waals surface area contributed by atoms with Crippen LogP contribution in [-0.2, 0) is 21.7 Å². The van der Waals surface area contributed by atoms with Crippen molar-refractivity contribution in [1.82, 2.24) is 0 Å². The van der Waals surface area contributed by atoms with Crippen molar-refractivity contribution in [3.8, 4) is 23.0 Å². The predicted molar refractivity (Wildman–Crippen MR) is 186 cm³/mol. The van der Waals surface area contributed by atoms with Gasteiger partial charge in [0, 0.05) is 28.3 Å². The van der Waals surface area contributed by atoms with Gasteiger partial charge in [-0.25, -0.2) is 0 Å². The molecule has 0 saturated carbocycles. The van der Waals surface area contributed by atoms with E-state index in [4.69, 9.17) is 18.9 Å². The molecule has 236 valence electrons. The van der Waals surface area contributed by atoms with Crippen LogP contribution in [0.5, 0.6) is 23.0 Å². The minimum atomic E-state index is -1.05. The summed E-state index contributed by atoms with van der Waals surface area (Å²) >= 11 is 0. The molecule has 3 aromatic rings. The molecule has 0 atom stereocenters. The topological polar surface area (TPSA) is 36.9 Å². The van der Waals surface area contributed by atoms with Gasteiger partial charge in [-0.2, -0.15) is 0 Å². The molecule has 5 heteroatoms. The third-order valence-corrected chi connectivity index (χ3v) is 10.2. The maximum absolute atomic E-state index is 6.16. The molecular weight excluding hydrogens is 551 g/mol. The Labute approximate surface area is 263 Å². The van der Waals surface area contributed by atoms with Gasteiger partial charge in [0.2, 0.25) is 0 Å². The first-order valence-corrected chi connectivity index (χ1v) is 16.5. The van der Waals surface area contributed by atoms with Crippen LogP contribution in [0.15, 0.2) is 42.5 Å². The molecule has 0 bridgehead atoms. The Kier molecular flexibility index (Phi) is 9.99. The molecule has 43 heavy (non-hydrogen) atoms. The summed E-state index contributed by atoms with van der Waals surface area (Å²) in [5.41, 5.74) is 4.34. The molecule has 0 amide bonds. The van der Waals surface area contributed by atoms with Crippen LogP contribution in [0.4, 0.5) is 0 Å². The molecule has 0 heterocycles. The summed E-state index contributed by atoms with van der Waals surface area (Å²) in [6.45, 7) is 27.2. The number of rotatable bonds is 7. The summed E-state index contributed by atoms with van der Waals surface area (Å²) < 4.78 is 23.9. The molecule has 0 fully saturated rings. The van der Waals surface area contributed by atoms with E-state index < -0.39 is 7.92 Å².